The van der Waals surface area contributed by atoms with E-state index < -0.39 is 0 Å². The number of nitrogens with one attached hydrogen (secondary N) is 1. The number of anilines is 1. The molecule has 1 saturated heterocycles. The van der Waals surface area contributed by atoms with E-state index in [9.17, 15) is 4.79 Å². The first-order valence-electron chi connectivity index (χ1n) is 10.8. The van der Waals surface area contributed by atoms with Gasteiger partial charge in [-0.15, -0.1) is 0 Å². The molecule has 0 spiro atoms. The van der Waals surface area contributed by atoms with Gasteiger partial charge in [0.05, 0.1) is 7.11 Å². The van der Waals surface area contributed by atoms with Gasteiger partial charge in [0.15, 0.2) is 5.58 Å². The van der Waals surface area contributed by atoms with Crippen molar-refractivity contribution >= 4 is 22.8 Å². The summed E-state index contributed by atoms with van der Waals surface area (Å²) < 4.78 is 11.3. The van der Waals surface area contributed by atoms with Crippen molar-refractivity contribution in [2.75, 3.05) is 19.0 Å². The van der Waals surface area contributed by atoms with Gasteiger partial charge >= 0.3 is 6.03 Å². The number of nitrogens with zero attached hydrogens (tertiary/aromatic N) is 2. The number of para-hydroxylation sites is 1. The van der Waals surface area contributed by atoms with Crippen LogP contribution in [-0.4, -0.2) is 29.6 Å². The Hall–Kier alpha value is -3.80. The number of urea groups is 1. The second-order valence-electron chi connectivity index (χ2n) is 8.06. The van der Waals surface area contributed by atoms with Crippen molar-refractivity contribution in [1.82, 2.24) is 9.88 Å². The maximum atomic E-state index is 13.0. The van der Waals surface area contributed by atoms with Crippen LogP contribution in [0.5, 0.6) is 5.75 Å². The largest absolute Gasteiger partial charge is 0.497 e. The normalized spacial score (nSPS) is 15.8. The Balaban J connectivity index is 1.39. The quantitative estimate of drug-likeness (QED) is 0.422. The summed E-state index contributed by atoms with van der Waals surface area (Å²) in [6.07, 6.45) is 1.75. The molecule has 0 bridgehead atoms. The van der Waals surface area contributed by atoms with E-state index in [0.717, 1.165) is 52.1 Å². The number of aromatic nitrogens is 1. The Morgan fingerprint density at radius 1 is 1.09 bits per heavy atom. The fourth-order valence-electron chi connectivity index (χ4n) is 4.22. The molecule has 6 heteroatoms. The molecule has 1 aliphatic rings. The van der Waals surface area contributed by atoms with Gasteiger partial charge in [-0.3, -0.25) is 0 Å². The summed E-state index contributed by atoms with van der Waals surface area (Å²) >= 11 is 0. The summed E-state index contributed by atoms with van der Waals surface area (Å²) in [5, 5.41) is 3.03. The van der Waals surface area contributed by atoms with Crippen LogP contribution in [0.3, 0.4) is 0 Å². The van der Waals surface area contributed by atoms with E-state index in [4.69, 9.17) is 14.1 Å². The number of hydrogen-bond donors (Lipinski definition) is 1. The predicted molar refractivity (Wildman–Crippen MR) is 125 cm³/mol. The molecule has 0 aliphatic carbocycles. The molecule has 1 N–H and O–H groups in total. The lowest BCUT2D eigenvalue weighted by Gasteiger charge is -2.23. The number of aryl methyl sites for hydroxylation is 1. The molecular formula is C26H25N3O3. The van der Waals surface area contributed by atoms with Crippen LogP contribution >= 0.6 is 0 Å². The number of hydrogen-bond acceptors (Lipinski definition) is 4. The van der Waals surface area contributed by atoms with Crippen LogP contribution in [0.25, 0.3) is 22.2 Å². The summed E-state index contributed by atoms with van der Waals surface area (Å²) in [6, 6.07) is 21.4. The van der Waals surface area contributed by atoms with E-state index in [-0.39, 0.29) is 12.1 Å². The van der Waals surface area contributed by atoms with Gasteiger partial charge in [-0.1, -0.05) is 36.4 Å². The molecule has 1 aliphatic heterocycles. The Bertz CT molecular complexity index is 1260. The number of amides is 2. The molecule has 0 unspecified atom stereocenters. The smallest absolute Gasteiger partial charge is 0.322 e. The van der Waals surface area contributed by atoms with Crippen LogP contribution in [0.1, 0.15) is 30.3 Å². The molecule has 2 amide bonds. The Kier molecular flexibility index (Phi) is 5.27. The highest BCUT2D eigenvalue weighted by Gasteiger charge is 2.33. The third kappa shape index (κ3) is 3.80. The van der Waals surface area contributed by atoms with Crippen molar-refractivity contribution in [1.29, 1.82) is 0 Å². The third-order valence-corrected chi connectivity index (χ3v) is 6.01. The fourth-order valence-corrected chi connectivity index (χ4v) is 4.22. The van der Waals surface area contributed by atoms with Crippen molar-refractivity contribution in [2.45, 2.75) is 25.8 Å². The Morgan fingerprint density at radius 2 is 1.88 bits per heavy atom. The van der Waals surface area contributed by atoms with Gasteiger partial charge in [0.25, 0.3) is 0 Å². The SMILES string of the molecule is COc1ccc(-c2ccc3oc([C@H]4CCCN4C(=O)Nc4ccccc4C)nc3c2)cc1. The molecule has 0 saturated carbocycles. The number of carbonyl (C=O) groups is 1. The van der Waals surface area contributed by atoms with Gasteiger partial charge in [-0.05, 0) is 66.8 Å². The van der Waals surface area contributed by atoms with Crippen molar-refractivity contribution in [2.24, 2.45) is 0 Å². The zero-order valence-electron chi connectivity index (χ0n) is 18.2. The molecule has 1 fully saturated rings. The number of methoxy groups -OCH3 is 1. The van der Waals surface area contributed by atoms with Gasteiger partial charge in [-0.2, -0.15) is 0 Å². The van der Waals surface area contributed by atoms with Gasteiger partial charge in [-0.25, -0.2) is 9.78 Å². The molecule has 4 aromatic rings. The Labute approximate surface area is 186 Å². The molecule has 0 radical (unpaired) electrons. The lowest BCUT2D eigenvalue weighted by Crippen LogP contribution is -2.34. The minimum Gasteiger partial charge on any atom is -0.497 e. The number of fused-ring (bicyclic) bond motifs is 1. The van der Waals surface area contributed by atoms with Gasteiger partial charge in [0.1, 0.15) is 17.3 Å². The average Bonchev–Trinajstić information content (AvgIpc) is 3.47. The maximum Gasteiger partial charge on any atom is 0.322 e. The number of likely N-dealkylation sites (tertiary alicyclic amines) is 1. The predicted octanol–water partition coefficient (Wildman–Crippen LogP) is 6.18. The van der Waals surface area contributed by atoms with Gasteiger partial charge < -0.3 is 19.4 Å². The second kappa shape index (κ2) is 8.38. The summed E-state index contributed by atoms with van der Waals surface area (Å²) in [6.45, 7) is 2.66. The summed E-state index contributed by atoms with van der Waals surface area (Å²) in [5.41, 5.74) is 5.51. The van der Waals surface area contributed by atoms with Gasteiger partial charge in [0, 0.05) is 12.2 Å². The molecular weight excluding hydrogens is 402 g/mol. The first-order chi connectivity index (χ1) is 15.6. The van der Waals surface area contributed by atoms with E-state index >= 15 is 0 Å². The van der Waals surface area contributed by atoms with E-state index in [1.165, 1.54) is 0 Å². The topological polar surface area (TPSA) is 67.6 Å². The summed E-state index contributed by atoms with van der Waals surface area (Å²) in [7, 11) is 1.66. The van der Waals surface area contributed by atoms with Crippen molar-refractivity contribution in [3.63, 3.8) is 0 Å². The van der Waals surface area contributed by atoms with E-state index in [1.807, 2.05) is 78.6 Å². The van der Waals surface area contributed by atoms with Crippen LogP contribution in [0.4, 0.5) is 10.5 Å². The minimum absolute atomic E-state index is 0.122. The van der Waals surface area contributed by atoms with Crippen molar-refractivity contribution < 1.29 is 13.9 Å². The van der Waals surface area contributed by atoms with Gasteiger partial charge in [0.2, 0.25) is 5.89 Å². The number of carbonyl (C=O) groups excluding carboxylic acids is 1. The van der Waals surface area contributed by atoms with Crippen LogP contribution in [0, 0.1) is 6.92 Å². The van der Waals surface area contributed by atoms with Crippen LogP contribution < -0.4 is 10.1 Å². The van der Waals surface area contributed by atoms with Crippen LogP contribution in [-0.2, 0) is 0 Å². The third-order valence-electron chi connectivity index (χ3n) is 6.01. The second-order valence-corrected chi connectivity index (χ2v) is 8.06. The molecule has 5 rings (SSSR count). The highest BCUT2D eigenvalue weighted by Crippen LogP contribution is 2.35. The van der Waals surface area contributed by atoms with E-state index in [0.29, 0.717) is 12.4 Å². The van der Waals surface area contributed by atoms with Crippen molar-refractivity contribution in [3.05, 3.63) is 78.2 Å². The molecule has 32 heavy (non-hydrogen) atoms. The Morgan fingerprint density at radius 3 is 2.66 bits per heavy atom. The molecule has 6 nitrogen and oxygen atoms in total. The zero-order valence-corrected chi connectivity index (χ0v) is 18.2. The standard InChI is InChI=1S/C26H25N3O3/c1-17-6-3-4-7-21(17)28-26(30)29-15-5-8-23(29)25-27-22-16-19(11-14-24(22)32-25)18-9-12-20(31-2)13-10-18/h3-4,6-7,9-14,16,23H,5,8,15H2,1-2H3,(H,28,30)/t23-/m1/s1. The number of benzene rings is 3. The number of oxazole rings is 1. The first-order valence-corrected chi connectivity index (χ1v) is 10.8. The highest BCUT2D eigenvalue weighted by molar-refractivity contribution is 5.90. The number of rotatable bonds is 4. The molecule has 2 heterocycles. The maximum absolute atomic E-state index is 13.0. The lowest BCUT2D eigenvalue weighted by molar-refractivity contribution is 0.199. The molecule has 3 aromatic carbocycles. The van der Waals surface area contributed by atoms with Crippen LogP contribution in [0.2, 0.25) is 0 Å². The molecule has 1 aromatic heterocycles. The minimum atomic E-state index is -0.171. The first kappa shape index (κ1) is 20.1. The lowest BCUT2D eigenvalue weighted by atomic mass is 10.1. The summed E-state index contributed by atoms with van der Waals surface area (Å²) in [4.78, 5) is 19.6. The van der Waals surface area contributed by atoms with E-state index in [1.54, 1.807) is 7.11 Å². The average molecular weight is 428 g/mol. The van der Waals surface area contributed by atoms with E-state index in [2.05, 4.69) is 5.32 Å². The fraction of sp³-hybridized carbons (Fsp3) is 0.231. The molecule has 1 atom stereocenters. The highest BCUT2D eigenvalue weighted by atomic mass is 16.5. The number of ether oxygens (including phenoxy) is 1. The van der Waals surface area contributed by atoms with Crippen molar-refractivity contribution in [3.8, 4) is 16.9 Å². The monoisotopic (exact) mass is 427 g/mol. The summed E-state index contributed by atoms with van der Waals surface area (Å²) in [5.74, 6) is 1.41. The molecule has 162 valence electrons. The van der Waals surface area contributed by atoms with Crippen LogP contribution in [0.15, 0.2) is 71.1 Å². The zero-order chi connectivity index (χ0) is 22.1.